The monoisotopic (exact) mass is 616 g/mol. The van der Waals surface area contributed by atoms with Crippen molar-refractivity contribution in [2.75, 3.05) is 37.6 Å². The van der Waals surface area contributed by atoms with E-state index >= 15 is 4.39 Å². The van der Waals surface area contributed by atoms with Crippen LogP contribution in [-0.4, -0.2) is 70.2 Å². The molecule has 11 heteroatoms. The van der Waals surface area contributed by atoms with Crippen molar-refractivity contribution in [2.45, 2.75) is 49.7 Å². The number of rotatable bonds is 5. The van der Waals surface area contributed by atoms with Gasteiger partial charge in [-0.25, -0.2) is 8.78 Å². The maximum Gasteiger partial charge on any atom is 0.319 e. The highest BCUT2D eigenvalue weighted by molar-refractivity contribution is 6.02. The number of ether oxygens (including phenoxy) is 1. The highest BCUT2D eigenvalue weighted by Gasteiger charge is 2.48. The molecule has 2 aromatic heterocycles. The van der Waals surface area contributed by atoms with Gasteiger partial charge in [0.15, 0.2) is 5.82 Å². The molecular weight excluding hydrogens is 584 g/mol. The van der Waals surface area contributed by atoms with Gasteiger partial charge in [0.1, 0.15) is 29.4 Å². The molecule has 6 heterocycles. The number of nitrogens with one attached hydrogen (secondary N) is 1. The Kier molecular flexibility index (Phi) is 6.16. The first-order chi connectivity index (χ1) is 22.6. The molecule has 1 unspecified atom stereocenters. The summed E-state index contributed by atoms with van der Waals surface area (Å²) in [5.74, 6) is 1.27. The SMILES string of the molecule is [2H]C([2H])(Oc1nc(N2C[C@H]3CC[C@@H](C2)N3)c2cnc(-c3cccc4ccc(F)c(C#C)c34)c(F)c2n1)C12CCCN1CC(=C(F)F)C2. The zero-order chi connectivity index (χ0) is 32.7. The molecule has 0 aliphatic carbocycles. The van der Waals surface area contributed by atoms with E-state index in [9.17, 15) is 13.2 Å². The van der Waals surface area contributed by atoms with E-state index in [1.54, 1.807) is 29.2 Å². The first-order valence-corrected chi connectivity index (χ1v) is 15.1. The maximum absolute atomic E-state index is 16.8. The minimum atomic E-state index is -2.49. The van der Waals surface area contributed by atoms with Crippen molar-refractivity contribution >= 4 is 27.5 Å². The number of fused-ring (bicyclic) bond motifs is 5. The summed E-state index contributed by atoms with van der Waals surface area (Å²) >= 11 is 0. The summed E-state index contributed by atoms with van der Waals surface area (Å²) in [6.45, 7) is -0.938. The standard InChI is InChI=1S/C34H30F4N6O/c1-2-23-26(35)10-7-19-5-3-6-24(27(19)23)29-28(36)30-25(14-39-29)32(43-16-21-8-9-22(17-43)40-21)42-33(41-30)45-18-34-11-4-12-44(34)15-20(13-34)31(37)38/h1,3,5-7,10,14,21-22,40H,4,8-9,11-13,15-18H2/t21-,22+,34?/i18D2. The van der Waals surface area contributed by atoms with Gasteiger partial charge in [-0.15, -0.1) is 6.42 Å². The largest absolute Gasteiger partial charge is 0.461 e. The second-order valence-corrected chi connectivity index (χ2v) is 12.3. The normalized spacial score (nSPS) is 25.4. The van der Waals surface area contributed by atoms with Crippen molar-refractivity contribution in [1.29, 1.82) is 0 Å². The van der Waals surface area contributed by atoms with Crippen LogP contribution in [0.2, 0.25) is 0 Å². The van der Waals surface area contributed by atoms with Gasteiger partial charge in [-0.1, -0.05) is 30.2 Å². The average Bonchev–Trinajstić information content (AvgIpc) is 3.74. The first-order valence-electron chi connectivity index (χ1n) is 16.1. The number of anilines is 1. The molecule has 8 rings (SSSR count). The number of piperazine rings is 1. The fraction of sp³-hybridized carbons (Fsp3) is 0.382. The summed E-state index contributed by atoms with van der Waals surface area (Å²) in [5, 5.41) is 4.79. The topological polar surface area (TPSA) is 66.4 Å². The van der Waals surface area contributed by atoms with Crippen LogP contribution >= 0.6 is 0 Å². The second kappa shape index (κ2) is 10.7. The summed E-state index contributed by atoms with van der Waals surface area (Å²) in [6.07, 6.45) is 8.01. The molecule has 2 aromatic carbocycles. The van der Waals surface area contributed by atoms with Crippen LogP contribution in [0.1, 0.15) is 40.4 Å². The highest BCUT2D eigenvalue weighted by atomic mass is 19.3. The van der Waals surface area contributed by atoms with E-state index in [0.29, 0.717) is 54.5 Å². The van der Waals surface area contributed by atoms with E-state index < -0.39 is 35.8 Å². The van der Waals surface area contributed by atoms with Gasteiger partial charge in [0.05, 0.1) is 19.2 Å². The molecule has 4 saturated heterocycles. The summed E-state index contributed by atoms with van der Waals surface area (Å²) < 4.78 is 83.1. The molecule has 0 radical (unpaired) electrons. The van der Waals surface area contributed by atoms with Crippen LogP contribution in [0, 0.1) is 24.0 Å². The Morgan fingerprint density at radius 3 is 2.76 bits per heavy atom. The molecule has 4 aliphatic rings. The Balaban J connectivity index is 1.29. The van der Waals surface area contributed by atoms with Gasteiger partial charge in [0.2, 0.25) is 0 Å². The minimum absolute atomic E-state index is 0.0219. The van der Waals surface area contributed by atoms with Crippen LogP contribution in [0.3, 0.4) is 0 Å². The molecule has 0 saturated carbocycles. The van der Waals surface area contributed by atoms with Gasteiger partial charge in [-0.3, -0.25) is 9.88 Å². The highest BCUT2D eigenvalue weighted by Crippen LogP contribution is 2.43. The number of benzene rings is 2. The summed E-state index contributed by atoms with van der Waals surface area (Å²) in [5.41, 5.74) is -1.49. The van der Waals surface area contributed by atoms with Gasteiger partial charge >= 0.3 is 6.01 Å². The number of hydrogen-bond donors (Lipinski definition) is 1. The van der Waals surface area contributed by atoms with E-state index in [1.807, 2.05) is 4.90 Å². The minimum Gasteiger partial charge on any atom is -0.461 e. The number of nitrogens with zero attached hydrogens (tertiary/aromatic N) is 5. The smallest absolute Gasteiger partial charge is 0.319 e. The van der Waals surface area contributed by atoms with Gasteiger partial charge in [-0.05, 0) is 50.1 Å². The van der Waals surface area contributed by atoms with Crippen molar-refractivity contribution in [1.82, 2.24) is 25.2 Å². The van der Waals surface area contributed by atoms with E-state index in [0.717, 1.165) is 12.8 Å². The fourth-order valence-corrected chi connectivity index (χ4v) is 7.58. The second-order valence-electron chi connectivity index (χ2n) is 12.3. The van der Waals surface area contributed by atoms with Crippen molar-refractivity contribution in [3.63, 3.8) is 0 Å². The Bertz CT molecular complexity index is 2020. The van der Waals surface area contributed by atoms with Crippen LogP contribution < -0.4 is 15.0 Å². The lowest BCUT2D eigenvalue weighted by molar-refractivity contribution is 0.108. The molecule has 1 N–H and O–H groups in total. The van der Waals surface area contributed by atoms with E-state index in [4.69, 9.17) is 13.9 Å². The van der Waals surface area contributed by atoms with E-state index in [-0.39, 0.29) is 53.0 Å². The van der Waals surface area contributed by atoms with Crippen LogP contribution in [-0.2, 0) is 0 Å². The molecule has 0 amide bonds. The summed E-state index contributed by atoms with van der Waals surface area (Å²) in [7, 11) is 0. The number of hydrogen-bond acceptors (Lipinski definition) is 7. The molecule has 7 nitrogen and oxygen atoms in total. The number of pyridine rings is 1. The molecule has 4 fully saturated rings. The fourth-order valence-electron chi connectivity index (χ4n) is 7.58. The number of halogens is 4. The average molecular weight is 617 g/mol. The molecule has 4 aromatic rings. The zero-order valence-corrected chi connectivity index (χ0v) is 24.2. The van der Waals surface area contributed by atoms with Crippen molar-refractivity contribution in [2.24, 2.45) is 0 Å². The Morgan fingerprint density at radius 2 is 1.98 bits per heavy atom. The van der Waals surface area contributed by atoms with Gasteiger partial charge < -0.3 is 15.0 Å². The maximum atomic E-state index is 16.8. The molecule has 2 bridgehead atoms. The molecular formula is C34H30F4N6O. The molecule has 3 atom stereocenters. The van der Waals surface area contributed by atoms with Crippen LogP contribution in [0.25, 0.3) is 32.9 Å². The van der Waals surface area contributed by atoms with Gasteiger partial charge in [0, 0.05) is 54.4 Å². The zero-order valence-electron chi connectivity index (χ0n) is 26.2. The van der Waals surface area contributed by atoms with Gasteiger partial charge in [0.25, 0.3) is 6.08 Å². The van der Waals surface area contributed by atoms with Crippen molar-refractivity contribution < 1.29 is 25.0 Å². The Labute approximate surface area is 260 Å². The van der Waals surface area contributed by atoms with Crippen molar-refractivity contribution in [3.05, 3.63) is 65.4 Å². The van der Waals surface area contributed by atoms with E-state index in [1.165, 1.54) is 12.3 Å². The van der Waals surface area contributed by atoms with E-state index in [2.05, 4.69) is 26.2 Å². The van der Waals surface area contributed by atoms with Crippen LogP contribution in [0.15, 0.2) is 48.2 Å². The third-order valence-electron chi connectivity index (χ3n) is 9.66. The number of aromatic nitrogens is 3. The Morgan fingerprint density at radius 1 is 1.16 bits per heavy atom. The lowest BCUT2D eigenvalue weighted by Crippen LogP contribution is -2.51. The van der Waals surface area contributed by atoms with Crippen LogP contribution in [0.5, 0.6) is 6.01 Å². The lowest BCUT2D eigenvalue weighted by Gasteiger charge is -2.34. The predicted molar refractivity (Wildman–Crippen MR) is 163 cm³/mol. The molecule has 45 heavy (non-hydrogen) atoms. The predicted octanol–water partition coefficient (Wildman–Crippen LogP) is 5.81. The lowest BCUT2D eigenvalue weighted by atomic mass is 9.94. The van der Waals surface area contributed by atoms with Crippen molar-refractivity contribution in [3.8, 4) is 29.6 Å². The molecule has 230 valence electrons. The molecule has 0 spiro atoms. The third kappa shape index (κ3) is 4.61. The summed E-state index contributed by atoms with van der Waals surface area (Å²) in [4.78, 5) is 17.2. The van der Waals surface area contributed by atoms with Crippen LogP contribution in [0.4, 0.5) is 23.4 Å². The summed E-state index contributed by atoms with van der Waals surface area (Å²) in [6, 6.07) is 7.86. The first kappa shape index (κ1) is 26.0. The quantitative estimate of drug-likeness (QED) is 0.224. The van der Waals surface area contributed by atoms with Gasteiger partial charge in [-0.2, -0.15) is 18.7 Å². The molecule has 4 aliphatic heterocycles. The third-order valence-corrected chi connectivity index (χ3v) is 9.66. The number of terminal acetylenes is 1. The Hall–Kier alpha value is -4.27.